The third-order valence-electron chi connectivity index (χ3n) is 2.45. The minimum Gasteiger partial charge on any atom is -0.465 e. The van der Waals surface area contributed by atoms with Crippen molar-refractivity contribution in [3.05, 3.63) is 35.4 Å². The molecule has 0 aliphatic heterocycles. The van der Waals surface area contributed by atoms with Gasteiger partial charge in [-0.15, -0.1) is 0 Å². The molecule has 0 aromatic heterocycles. The molecule has 19 heavy (non-hydrogen) atoms. The van der Waals surface area contributed by atoms with Crippen molar-refractivity contribution < 1.29 is 23.0 Å². The summed E-state index contributed by atoms with van der Waals surface area (Å²) in [5.74, 6) is -1.92. The number of esters is 1. The Morgan fingerprint density at radius 1 is 1.42 bits per heavy atom. The number of carbonyl (C=O) groups excluding carboxylic acids is 1. The van der Waals surface area contributed by atoms with E-state index in [-0.39, 0.29) is 12.2 Å². The van der Waals surface area contributed by atoms with E-state index >= 15 is 0 Å². The van der Waals surface area contributed by atoms with Gasteiger partial charge in [0, 0.05) is 19.2 Å². The van der Waals surface area contributed by atoms with Crippen LogP contribution in [0.15, 0.2) is 18.2 Å². The van der Waals surface area contributed by atoms with E-state index in [0.717, 1.165) is 18.2 Å². The van der Waals surface area contributed by atoms with Gasteiger partial charge in [-0.3, -0.25) is 5.32 Å². The molecular formula is C13H17F2NO3. The number of rotatable bonds is 7. The Hall–Kier alpha value is -1.53. The molecule has 1 N–H and O–H groups in total. The molecular weight excluding hydrogens is 256 g/mol. The molecule has 0 bridgehead atoms. The van der Waals surface area contributed by atoms with Crippen molar-refractivity contribution in [2.45, 2.75) is 13.0 Å². The van der Waals surface area contributed by atoms with Crippen LogP contribution in [0.4, 0.5) is 8.78 Å². The summed E-state index contributed by atoms with van der Waals surface area (Å²) in [6.07, 6.45) is 0. The Labute approximate surface area is 110 Å². The highest BCUT2D eigenvalue weighted by Crippen LogP contribution is 2.19. The third kappa shape index (κ3) is 4.57. The first-order valence-corrected chi connectivity index (χ1v) is 5.94. The van der Waals surface area contributed by atoms with Gasteiger partial charge in [0.2, 0.25) is 0 Å². The lowest BCUT2D eigenvalue weighted by molar-refractivity contribution is -0.146. The van der Waals surface area contributed by atoms with Crippen molar-refractivity contribution in [3.63, 3.8) is 0 Å². The molecule has 0 amide bonds. The molecule has 0 aliphatic carbocycles. The second-order valence-electron chi connectivity index (χ2n) is 3.80. The van der Waals surface area contributed by atoms with Gasteiger partial charge < -0.3 is 9.47 Å². The average Bonchev–Trinajstić information content (AvgIpc) is 2.38. The number of nitrogens with one attached hydrogen (secondary N) is 1. The fourth-order valence-corrected chi connectivity index (χ4v) is 1.59. The van der Waals surface area contributed by atoms with Crippen LogP contribution >= 0.6 is 0 Å². The van der Waals surface area contributed by atoms with Crippen molar-refractivity contribution in [3.8, 4) is 0 Å². The van der Waals surface area contributed by atoms with Crippen LogP contribution in [0.3, 0.4) is 0 Å². The van der Waals surface area contributed by atoms with Crippen LogP contribution < -0.4 is 5.32 Å². The SMILES string of the molecule is CCOC(=O)C(NCCOC)c1cc(F)ccc1F. The molecule has 4 nitrogen and oxygen atoms in total. The summed E-state index contributed by atoms with van der Waals surface area (Å²) in [6, 6.07) is 1.91. The normalized spacial score (nSPS) is 12.2. The summed E-state index contributed by atoms with van der Waals surface area (Å²) < 4.78 is 36.5. The van der Waals surface area contributed by atoms with E-state index in [2.05, 4.69) is 5.32 Å². The van der Waals surface area contributed by atoms with Crippen molar-refractivity contribution in [1.29, 1.82) is 0 Å². The molecule has 106 valence electrons. The van der Waals surface area contributed by atoms with Gasteiger partial charge in [0.15, 0.2) is 0 Å². The summed E-state index contributed by atoms with van der Waals surface area (Å²) in [5.41, 5.74) is -0.0745. The number of halogens is 2. The van der Waals surface area contributed by atoms with E-state index < -0.39 is 23.6 Å². The molecule has 0 spiro atoms. The van der Waals surface area contributed by atoms with Crippen molar-refractivity contribution in [1.82, 2.24) is 5.32 Å². The molecule has 0 saturated heterocycles. The van der Waals surface area contributed by atoms with Gasteiger partial charge in [-0.1, -0.05) is 0 Å². The Morgan fingerprint density at radius 3 is 2.79 bits per heavy atom. The van der Waals surface area contributed by atoms with E-state index in [1.165, 1.54) is 7.11 Å². The van der Waals surface area contributed by atoms with Crippen LogP contribution in [0, 0.1) is 11.6 Å². The van der Waals surface area contributed by atoms with Crippen molar-refractivity contribution in [2.24, 2.45) is 0 Å². The van der Waals surface area contributed by atoms with Crippen LogP contribution in [0.2, 0.25) is 0 Å². The van der Waals surface area contributed by atoms with E-state index in [0.29, 0.717) is 13.2 Å². The minimum absolute atomic E-state index is 0.0745. The summed E-state index contributed by atoms with van der Waals surface area (Å²) in [7, 11) is 1.50. The zero-order valence-electron chi connectivity index (χ0n) is 10.9. The Morgan fingerprint density at radius 2 is 2.16 bits per heavy atom. The van der Waals surface area contributed by atoms with Crippen LogP contribution in [0.5, 0.6) is 0 Å². The van der Waals surface area contributed by atoms with Crippen LogP contribution in [-0.4, -0.2) is 32.8 Å². The van der Waals surface area contributed by atoms with Gasteiger partial charge in [0.1, 0.15) is 17.7 Å². The zero-order valence-corrected chi connectivity index (χ0v) is 10.9. The molecule has 1 unspecified atom stereocenters. The van der Waals surface area contributed by atoms with Gasteiger partial charge in [-0.05, 0) is 25.1 Å². The lowest BCUT2D eigenvalue weighted by Crippen LogP contribution is -2.33. The second-order valence-corrected chi connectivity index (χ2v) is 3.80. The van der Waals surface area contributed by atoms with Gasteiger partial charge in [-0.2, -0.15) is 0 Å². The number of ether oxygens (including phenoxy) is 2. The number of hydrogen-bond donors (Lipinski definition) is 1. The highest BCUT2D eigenvalue weighted by atomic mass is 19.1. The highest BCUT2D eigenvalue weighted by molar-refractivity contribution is 5.77. The lowest BCUT2D eigenvalue weighted by Gasteiger charge is -2.18. The van der Waals surface area contributed by atoms with E-state index in [9.17, 15) is 13.6 Å². The second kappa shape index (κ2) is 7.81. The summed E-state index contributed by atoms with van der Waals surface area (Å²) in [5, 5.41) is 2.78. The summed E-state index contributed by atoms with van der Waals surface area (Å²) in [4.78, 5) is 11.8. The third-order valence-corrected chi connectivity index (χ3v) is 2.45. The molecule has 1 atom stereocenters. The molecule has 0 radical (unpaired) electrons. The molecule has 0 fully saturated rings. The molecule has 1 aromatic carbocycles. The Kier molecular flexibility index (Phi) is 6.38. The summed E-state index contributed by atoms with van der Waals surface area (Å²) in [6.45, 7) is 2.47. The Bertz CT molecular complexity index is 426. The molecule has 6 heteroatoms. The fourth-order valence-electron chi connectivity index (χ4n) is 1.59. The maximum atomic E-state index is 13.7. The van der Waals surface area contributed by atoms with Gasteiger partial charge in [-0.25, -0.2) is 13.6 Å². The molecule has 0 aliphatic rings. The first-order valence-electron chi connectivity index (χ1n) is 5.94. The maximum absolute atomic E-state index is 13.7. The number of hydrogen-bond acceptors (Lipinski definition) is 4. The van der Waals surface area contributed by atoms with E-state index in [1.54, 1.807) is 6.92 Å². The average molecular weight is 273 g/mol. The number of benzene rings is 1. The molecule has 1 aromatic rings. The minimum atomic E-state index is -1.05. The first kappa shape index (κ1) is 15.5. The quantitative estimate of drug-likeness (QED) is 0.608. The first-order chi connectivity index (χ1) is 9.10. The zero-order chi connectivity index (χ0) is 14.3. The van der Waals surface area contributed by atoms with E-state index in [4.69, 9.17) is 9.47 Å². The topological polar surface area (TPSA) is 47.6 Å². The van der Waals surface area contributed by atoms with Gasteiger partial charge in [0.05, 0.1) is 13.2 Å². The molecule has 1 rings (SSSR count). The largest absolute Gasteiger partial charge is 0.465 e. The summed E-state index contributed by atoms with van der Waals surface area (Å²) >= 11 is 0. The number of carbonyl (C=O) groups is 1. The monoisotopic (exact) mass is 273 g/mol. The smallest absolute Gasteiger partial charge is 0.327 e. The number of methoxy groups -OCH3 is 1. The van der Waals surface area contributed by atoms with Crippen LogP contribution in [0.1, 0.15) is 18.5 Å². The van der Waals surface area contributed by atoms with Crippen molar-refractivity contribution >= 4 is 5.97 Å². The maximum Gasteiger partial charge on any atom is 0.327 e. The predicted molar refractivity (Wildman–Crippen MR) is 65.6 cm³/mol. The van der Waals surface area contributed by atoms with Crippen LogP contribution in [0.25, 0.3) is 0 Å². The Balaban J connectivity index is 2.93. The fraction of sp³-hybridized carbons (Fsp3) is 0.462. The lowest BCUT2D eigenvalue weighted by atomic mass is 10.1. The van der Waals surface area contributed by atoms with Crippen LogP contribution in [-0.2, 0) is 14.3 Å². The molecule has 0 heterocycles. The van der Waals surface area contributed by atoms with E-state index in [1.807, 2.05) is 0 Å². The van der Waals surface area contributed by atoms with Gasteiger partial charge in [0.25, 0.3) is 0 Å². The standard InChI is InChI=1S/C13H17F2NO3/c1-3-19-13(17)12(16-6-7-18-2)10-8-9(14)4-5-11(10)15/h4-5,8,12,16H,3,6-7H2,1-2H3. The van der Waals surface area contributed by atoms with Crippen molar-refractivity contribution in [2.75, 3.05) is 26.9 Å². The molecule has 0 saturated carbocycles. The predicted octanol–water partition coefficient (Wildman–Crippen LogP) is 1.81. The van der Waals surface area contributed by atoms with Gasteiger partial charge >= 0.3 is 5.97 Å². The highest BCUT2D eigenvalue weighted by Gasteiger charge is 2.24.